The number of amides is 2. The van der Waals surface area contributed by atoms with Gasteiger partial charge in [-0.15, -0.1) is 11.3 Å². The number of alkyl halides is 3. The molecule has 0 radical (unpaired) electrons. The average molecular weight is 482 g/mol. The second kappa shape index (κ2) is 8.44. The third kappa shape index (κ3) is 4.56. The van der Waals surface area contributed by atoms with E-state index >= 15 is 0 Å². The topological polar surface area (TPSA) is 71.5 Å². The van der Waals surface area contributed by atoms with Gasteiger partial charge in [0.1, 0.15) is 12.3 Å². The van der Waals surface area contributed by atoms with Crippen molar-refractivity contribution in [3.63, 3.8) is 0 Å². The predicted octanol–water partition coefficient (Wildman–Crippen LogP) is 5.15. The zero-order valence-corrected chi connectivity index (χ0v) is 18.1. The molecule has 2 heterocycles. The molecule has 2 aromatic carbocycles. The maximum Gasteiger partial charge on any atom is 0.416 e. The first kappa shape index (κ1) is 22.1. The van der Waals surface area contributed by atoms with Crippen molar-refractivity contribution in [2.45, 2.75) is 13.1 Å². The van der Waals surface area contributed by atoms with Gasteiger partial charge in [0, 0.05) is 10.9 Å². The lowest BCUT2D eigenvalue weighted by molar-refractivity contribution is -0.137. The van der Waals surface area contributed by atoms with Crippen molar-refractivity contribution in [3.05, 3.63) is 57.4 Å². The van der Waals surface area contributed by atoms with Gasteiger partial charge in [-0.2, -0.15) is 13.2 Å². The zero-order chi connectivity index (χ0) is 23.0. The standard InChI is InChI=1S/C21H15ClF3N3O3S/c1-11-26-16(10-32-11)12-2-5-18-17(6-12)28(20(30)9-31-18)8-19(29)27-15-7-13(21(23,24)25)3-4-14(15)22/h2-7,10H,8-9H2,1H3,(H,27,29). The number of fused-ring (bicyclic) bond motifs is 1. The van der Waals surface area contributed by atoms with Crippen molar-refractivity contribution in [3.8, 4) is 17.0 Å². The fourth-order valence-electron chi connectivity index (χ4n) is 3.16. The van der Waals surface area contributed by atoms with Gasteiger partial charge in [-0.3, -0.25) is 14.5 Å². The highest BCUT2D eigenvalue weighted by Crippen LogP contribution is 2.37. The van der Waals surface area contributed by atoms with Gasteiger partial charge in [-0.25, -0.2) is 4.98 Å². The van der Waals surface area contributed by atoms with Crippen LogP contribution in [0.5, 0.6) is 5.75 Å². The maximum absolute atomic E-state index is 13.0. The lowest BCUT2D eigenvalue weighted by atomic mass is 10.1. The molecule has 0 spiro atoms. The van der Waals surface area contributed by atoms with E-state index in [4.69, 9.17) is 16.3 Å². The number of halogens is 4. The molecule has 0 saturated carbocycles. The molecule has 0 fully saturated rings. The summed E-state index contributed by atoms with van der Waals surface area (Å²) in [4.78, 5) is 30.7. The molecule has 0 saturated heterocycles. The van der Waals surface area contributed by atoms with Gasteiger partial charge in [-0.1, -0.05) is 11.6 Å². The number of aromatic nitrogens is 1. The SMILES string of the molecule is Cc1nc(-c2ccc3c(c2)N(CC(=O)Nc2cc(C(F)(F)F)ccc2Cl)C(=O)CO3)cs1. The number of benzene rings is 2. The Morgan fingerprint density at radius 2 is 2.06 bits per heavy atom. The fraction of sp³-hybridized carbons (Fsp3) is 0.190. The maximum atomic E-state index is 13.0. The highest BCUT2D eigenvalue weighted by atomic mass is 35.5. The van der Waals surface area contributed by atoms with Gasteiger partial charge in [0.2, 0.25) is 5.91 Å². The summed E-state index contributed by atoms with van der Waals surface area (Å²) in [5, 5.41) is 5.04. The van der Waals surface area contributed by atoms with E-state index in [2.05, 4.69) is 10.3 Å². The van der Waals surface area contributed by atoms with Crippen molar-refractivity contribution in [2.24, 2.45) is 0 Å². The molecule has 1 N–H and O–H groups in total. The summed E-state index contributed by atoms with van der Waals surface area (Å²) in [6.07, 6.45) is -4.59. The summed E-state index contributed by atoms with van der Waals surface area (Å²) in [5.74, 6) is -0.762. The van der Waals surface area contributed by atoms with E-state index in [0.717, 1.165) is 28.8 Å². The van der Waals surface area contributed by atoms with Crippen LogP contribution in [0.1, 0.15) is 10.6 Å². The van der Waals surface area contributed by atoms with Gasteiger partial charge < -0.3 is 10.1 Å². The van der Waals surface area contributed by atoms with Crippen molar-refractivity contribution >= 4 is 46.1 Å². The van der Waals surface area contributed by atoms with Gasteiger partial charge in [0.15, 0.2) is 6.61 Å². The first-order valence-corrected chi connectivity index (χ1v) is 10.5. The number of nitrogens with zero attached hydrogens (tertiary/aromatic N) is 2. The van der Waals surface area contributed by atoms with E-state index in [1.807, 2.05) is 12.3 Å². The Hall–Kier alpha value is -3.11. The number of ether oxygens (including phenoxy) is 1. The smallest absolute Gasteiger partial charge is 0.416 e. The van der Waals surface area contributed by atoms with Crippen LogP contribution >= 0.6 is 22.9 Å². The van der Waals surface area contributed by atoms with Crippen LogP contribution in [-0.4, -0.2) is 29.9 Å². The van der Waals surface area contributed by atoms with Crippen molar-refractivity contribution in [1.29, 1.82) is 0 Å². The molecule has 0 atom stereocenters. The van der Waals surface area contributed by atoms with Crippen LogP contribution < -0.4 is 15.0 Å². The Morgan fingerprint density at radius 3 is 2.75 bits per heavy atom. The van der Waals surface area contributed by atoms with E-state index < -0.39 is 30.1 Å². The number of aryl methyl sites for hydroxylation is 1. The quantitative estimate of drug-likeness (QED) is 0.559. The molecule has 1 aliphatic rings. The summed E-state index contributed by atoms with van der Waals surface area (Å²) in [5.41, 5.74) is 0.674. The highest BCUT2D eigenvalue weighted by Gasteiger charge is 2.32. The largest absolute Gasteiger partial charge is 0.482 e. The van der Waals surface area contributed by atoms with Crippen molar-refractivity contribution in [1.82, 2.24) is 4.98 Å². The summed E-state index contributed by atoms with van der Waals surface area (Å²) < 4.78 is 44.4. The van der Waals surface area contributed by atoms with Crippen LogP contribution in [0.3, 0.4) is 0 Å². The molecule has 1 aromatic heterocycles. The first-order valence-electron chi connectivity index (χ1n) is 9.28. The highest BCUT2D eigenvalue weighted by molar-refractivity contribution is 7.09. The minimum Gasteiger partial charge on any atom is -0.482 e. The molecule has 0 aliphatic carbocycles. The third-order valence-electron chi connectivity index (χ3n) is 4.69. The molecule has 3 aromatic rings. The molecular formula is C21H15ClF3N3O3S. The first-order chi connectivity index (χ1) is 15.1. The van der Waals surface area contributed by atoms with Gasteiger partial charge in [0.25, 0.3) is 5.91 Å². The van der Waals surface area contributed by atoms with E-state index in [1.54, 1.807) is 18.2 Å². The van der Waals surface area contributed by atoms with E-state index in [0.29, 0.717) is 17.1 Å². The van der Waals surface area contributed by atoms with Gasteiger partial charge in [0.05, 0.1) is 32.7 Å². The number of nitrogens with one attached hydrogen (secondary N) is 1. The molecule has 0 bridgehead atoms. The molecule has 4 rings (SSSR count). The van der Waals surface area contributed by atoms with Crippen molar-refractivity contribution < 1.29 is 27.5 Å². The van der Waals surface area contributed by atoms with Crippen LogP contribution in [0.15, 0.2) is 41.8 Å². The lowest BCUT2D eigenvalue weighted by Crippen LogP contribution is -2.43. The fourth-order valence-corrected chi connectivity index (χ4v) is 3.95. The molecule has 32 heavy (non-hydrogen) atoms. The summed E-state index contributed by atoms with van der Waals surface area (Å²) in [6.45, 7) is 1.18. The van der Waals surface area contributed by atoms with Gasteiger partial charge in [-0.05, 0) is 43.3 Å². The van der Waals surface area contributed by atoms with Crippen molar-refractivity contribution in [2.75, 3.05) is 23.4 Å². The molecule has 0 unspecified atom stereocenters. The van der Waals surface area contributed by atoms with Crippen LogP contribution in [0.4, 0.5) is 24.5 Å². The van der Waals surface area contributed by atoms with Crippen LogP contribution in [0.25, 0.3) is 11.3 Å². The number of hydrogen-bond donors (Lipinski definition) is 1. The number of carbonyl (C=O) groups is 2. The molecule has 6 nitrogen and oxygen atoms in total. The lowest BCUT2D eigenvalue weighted by Gasteiger charge is -2.29. The molecule has 2 amide bonds. The summed E-state index contributed by atoms with van der Waals surface area (Å²) >= 11 is 7.42. The number of anilines is 2. The van der Waals surface area contributed by atoms with E-state index in [9.17, 15) is 22.8 Å². The van der Waals surface area contributed by atoms with E-state index in [1.165, 1.54) is 16.2 Å². The number of rotatable bonds is 4. The minimum absolute atomic E-state index is 0.0544. The van der Waals surface area contributed by atoms with Crippen LogP contribution in [0, 0.1) is 6.92 Å². The second-order valence-electron chi connectivity index (χ2n) is 6.94. The number of hydrogen-bond acceptors (Lipinski definition) is 5. The summed E-state index contributed by atoms with van der Waals surface area (Å²) in [6, 6.07) is 7.78. The Balaban J connectivity index is 1.59. The Labute approximate surface area is 189 Å². The third-order valence-corrected chi connectivity index (χ3v) is 5.79. The molecule has 1 aliphatic heterocycles. The number of thiazole rings is 1. The molecule has 11 heteroatoms. The average Bonchev–Trinajstić information content (AvgIpc) is 3.17. The molecule has 166 valence electrons. The van der Waals surface area contributed by atoms with Crippen LogP contribution in [-0.2, 0) is 15.8 Å². The summed E-state index contributed by atoms with van der Waals surface area (Å²) in [7, 11) is 0. The Morgan fingerprint density at radius 1 is 1.28 bits per heavy atom. The normalized spacial score (nSPS) is 13.5. The zero-order valence-electron chi connectivity index (χ0n) is 16.5. The Kier molecular flexibility index (Phi) is 5.83. The monoisotopic (exact) mass is 481 g/mol. The van der Waals surface area contributed by atoms with Gasteiger partial charge >= 0.3 is 6.18 Å². The minimum atomic E-state index is -4.59. The second-order valence-corrected chi connectivity index (χ2v) is 8.41. The Bertz CT molecular complexity index is 1210. The number of carbonyl (C=O) groups excluding carboxylic acids is 2. The predicted molar refractivity (Wildman–Crippen MR) is 115 cm³/mol. The molecular weight excluding hydrogens is 467 g/mol. The van der Waals surface area contributed by atoms with E-state index in [-0.39, 0.29) is 17.3 Å². The van der Waals surface area contributed by atoms with Crippen LogP contribution in [0.2, 0.25) is 5.02 Å².